The molecule has 1 fully saturated rings. The molecular formula is C18H27BIN3O2. The summed E-state index contributed by atoms with van der Waals surface area (Å²) in [4.78, 5) is 18.7. The minimum Gasteiger partial charge on any atom is -0.392 e. The van der Waals surface area contributed by atoms with Gasteiger partial charge in [-0.1, -0.05) is 48.3 Å². The lowest BCUT2D eigenvalue weighted by Gasteiger charge is -2.19. The summed E-state index contributed by atoms with van der Waals surface area (Å²) >= 11 is 2.04. The molecule has 2 aliphatic rings. The summed E-state index contributed by atoms with van der Waals surface area (Å²) in [6.45, 7) is 2.13. The molecule has 1 amide bonds. The van der Waals surface area contributed by atoms with Crippen LogP contribution in [0.2, 0.25) is 0 Å². The number of aliphatic hydroxyl groups is 1. The number of carbonyl (C=O) groups is 1. The van der Waals surface area contributed by atoms with Gasteiger partial charge in [-0.25, -0.2) is 0 Å². The second-order valence-corrected chi connectivity index (χ2v) is 8.09. The van der Waals surface area contributed by atoms with Gasteiger partial charge in [0.15, 0.2) is 0 Å². The average molecular weight is 455 g/mol. The van der Waals surface area contributed by atoms with E-state index in [4.69, 9.17) is 7.85 Å². The molecule has 1 atom stereocenters. The first-order valence-electron chi connectivity index (χ1n) is 9.01. The number of β-amino-alcohol motifs (C(OH)–C–C–N with tert-alkyl or cyclic N) is 1. The number of halogens is 1. The van der Waals surface area contributed by atoms with Crippen LogP contribution < -0.4 is 5.32 Å². The molecule has 0 spiro atoms. The standard InChI is InChI=1S/C18H27BIN3O2/c1-12(24)10-23-11-14(16(17(19)20)18(23)21-2)22-15(25)9-13-7-5-3-4-6-8-13/h11-13,24H,3-10H2,1-2H3,(H,22,25)/b17-16-,21-18?. The number of carbonyl (C=O) groups excluding carboxylic acids is 1. The van der Waals surface area contributed by atoms with Crippen LogP contribution in [-0.2, 0) is 4.79 Å². The third kappa shape index (κ3) is 5.84. The first-order chi connectivity index (χ1) is 11.9. The molecule has 0 bridgehead atoms. The molecule has 7 heteroatoms. The van der Waals surface area contributed by atoms with Gasteiger partial charge in [0.1, 0.15) is 13.7 Å². The Hall–Kier alpha value is -0.825. The highest BCUT2D eigenvalue weighted by molar-refractivity contribution is 14.1. The molecule has 5 nitrogen and oxygen atoms in total. The van der Waals surface area contributed by atoms with E-state index < -0.39 is 6.10 Å². The fourth-order valence-electron chi connectivity index (χ4n) is 3.57. The Bertz CT molecular complexity index is 575. The quantitative estimate of drug-likeness (QED) is 0.381. The Morgan fingerprint density at radius 1 is 1.44 bits per heavy atom. The van der Waals surface area contributed by atoms with Crippen molar-refractivity contribution in [3.63, 3.8) is 0 Å². The van der Waals surface area contributed by atoms with Crippen molar-refractivity contribution in [2.45, 2.75) is 58.0 Å². The van der Waals surface area contributed by atoms with Gasteiger partial charge in [0.05, 0.1) is 11.8 Å². The largest absolute Gasteiger partial charge is 0.392 e. The predicted octanol–water partition coefficient (Wildman–Crippen LogP) is 2.84. The van der Waals surface area contributed by atoms with E-state index in [9.17, 15) is 9.90 Å². The summed E-state index contributed by atoms with van der Waals surface area (Å²) in [5, 5.41) is 12.7. The monoisotopic (exact) mass is 455 g/mol. The minimum absolute atomic E-state index is 0.0302. The summed E-state index contributed by atoms with van der Waals surface area (Å²) in [6.07, 6.45) is 9.16. The van der Waals surface area contributed by atoms with Gasteiger partial charge in [0, 0.05) is 31.8 Å². The van der Waals surface area contributed by atoms with Crippen molar-refractivity contribution >= 4 is 42.2 Å². The predicted molar refractivity (Wildman–Crippen MR) is 111 cm³/mol. The number of aliphatic imine (C=N–C) groups is 1. The fourth-order valence-corrected chi connectivity index (χ4v) is 4.10. The number of nitrogens with one attached hydrogen (secondary N) is 1. The van der Waals surface area contributed by atoms with E-state index in [1.54, 1.807) is 14.0 Å². The van der Waals surface area contributed by atoms with E-state index in [0.717, 1.165) is 18.4 Å². The zero-order chi connectivity index (χ0) is 18.4. The second kappa shape index (κ2) is 9.76. The highest BCUT2D eigenvalue weighted by Crippen LogP contribution is 2.28. The van der Waals surface area contributed by atoms with E-state index in [0.29, 0.717) is 33.9 Å². The summed E-state index contributed by atoms with van der Waals surface area (Å²) < 4.78 is 0.576. The van der Waals surface area contributed by atoms with Crippen LogP contribution in [0.25, 0.3) is 0 Å². The molecule has 2 rings (SSSR count). The molecule has 0 aromatic carbocycles. The van der Waals surface area contributed by atoms with Crippen LogP contribution in [0, 0.1) is 5.92 Å². The second-order valence-electron chi connectivity index (χ2n) is 6.92. The number of amides is 1. The van der Waals surface area contributed by atoms with E-state index in [2.05, 4.69) is 10.3 Å². The fraction of sp³-hybridized carbons (Fsp3) is 0.667. The lowest BCUT2D eigenvalue weighted by atomic mass is 9.96. The minimum atomic E-state index is -0.509. The van der Waals surface area contributed by atoms with Crippen molar-refractivity contribution in [2.24, 2.45) is 10.9 Å². The molecule has 25 heavy (non-hydrogen) atoms. The van der Waals surface area contributed by atoms with E-state index in [1.165, 1.54) is 25.7 Å². The van der Waals surface area contributed by atoms with Crippen molar-refractivity contribution in [1.29, 1.82) is 0 Å². The van der Waals surface area contributed by atoms with E-state index >= 15 is 0 Å². The molecule has 0 aromatic rings. The molecular weight excluding hydrogens is 428 g/mol. The topological polar surface area (TPSA) is 64.9 Å². The van der Waals surface area contributed by atoms with Crippen LogP contribution in [0.15, 0.2) is 25.9 Å². The first-order valence-corrected chi connectivity index (χ1v) is 10.1. The molecule has 1 aliphatic heterocycles. The highest BCUT2D eigenvalue weighted by Gasteiger charge is 2.29. The van der Waals surface area contributed by atoms with Gasteiger partial charge in [0.2, 0.25) is 5.91 Å². The Balaban J connectivity index is 2.09. The van der Waals surface area contributed by atoms with Crippen LogP contribution in [0.1, 0.15) is 51.9 Å². The molecule has 0 saturated heterocycles. The summed E-state index contributed by atoms with van der Waals surface area (Å²) in [5.74, 6) is 1.18. The third-order valence-electron chi connectivity index (χ3n) is 4.68. The lowest BCUT2D eigenvalue weighted by Crippen LogP contribution is -2.30. The molecule has 2 radical (unpaired) electrons. The van der Waals surface area contributed by atoms with Crippen LogP contribution in [0.3, 0.4) is 0 Å². The van der Waals surface area contributed by atoms with Crippen LogP contribution in [0.4, 0.5) is 0 Å². The van der Waals surface area contributed by atoms with Crippen molar-refractivity contribution in [3.8, 4) is 0 Å². The number of hydrogen-bond donors (Lipinski definition) is 2. The maximum atomic E-state index is 12.5. The molecule has 1 aliphatic carbocycles. The van der Waals surface area contributed by atoms with E-state index in [-0.39, 0.29) is 5.91 Å². The Morgan fingerprint density at radius 3 is 2.60 bits per heavy atom. The Labute approximate surface area is 165 Å². The SMILES string of the molecule is [B]/C(I)=C1\C(NC(=O)CC2CCCCCC2)=CN(CC(C)O)C1=NC. The summed E-state index contributed by atoms with van der Waals surface area (Å²) in [6, 6.07) is 0. The van der Waals surface area contributed by atoms with Gasteiger partial charge in [-0.3, -0.25) is 9.79 Å². The molecule has 2 N–H and O–H groups in total. The number of aliphatic hydroxyl groups excluding tert-OH is 1. The van der Waals surface area contributed by atoms with Gasteiger partial charge >= 0.3 is 0 Å². The molecule has 1 unspecified atom stereocenters. The van der Waals surface area contributed by atoms with Crippen molar-refractivity contribution < 1.29 is 9.90 Å². The van der Waals surface area contributed by atoms with Gasteiger partial charge in [0.25, 0.3) is 0 Å². The average Bonchev–Trinajstić information content (AvgIpc) is 2.69. The maximum absolute atomic E-state index is 12.5. The number of amidine groups is 1. The summed E-state index contributed by atoms with van der Waals surface area (Å²) in [5.41, 5.74) is 1.41. The van der Waals surface area contributed by atoms with Crippen molar-refractivity contribution in [3.05, 3.63) is 20.9 Å². The van der Waals surface area contributed by atoms with Gasteiger partial charge in [-0.15, -0.1) is 0 Å². The number of rotatable bonds is 5. The van der Waals surface area contributed by atoms with E-state index in [1.807, 2.05) is 33.7 Å². The highest BCUT2D eigenvalue weighted by atomic mass is 127. The lowest BCUT2D eigenvalue weighted by molar-refractivity contribution is -0.121. The normalized spacial score (nSPS) is 24.1. The summed E-state index contributed by atoms with van der Waals surface area (Å²) in [7, 11) is 7.72. The first kappa shape index (κ1) is 20.5. The van der Waals surface area contributed by atoms with Crippen LogP contribution in [0.5, 0.6) is 0 Å². The molecule has 1 saturated carbocycles. The van der Waals surface area contributed by atoms with Crippen molar-refractivity contribution in [1.82, 2.24) is 10.2 Å². The van der Waals surface area contributed by atoms with Gasteiger partial charge in [-0.2, -0.15) is 0 Å². The zero-order valence-corrected chi connectivity index (χ0v) is 17.3. The van der Waals surface area contributed by atoms with Gasteiger partial charge in [-0.05, 0) is 29.2 Å². The number of nitrogens with zero attached hydrogens (tertiary/aromatic N) is 2. The molecule has 136 valence electrons. The Morgan fingerprint density at radius 2 is 2.08 bits per heavy atom. The smallest absolute Gasteiger partial charge is 0.224 e. The number of hydrogen-bond acceptors (Lipinski definition) is 3. The van der Waals surface area contributed by atoms with Crippen LogP contribution in [-0.4, -0.2) is 49.3 Å². The molecule has 0 aromatic heterocycles. The maximum Gasteiger partial charge on any atom is 0.224 e. The Kier molecular flexibility index (Phi) is 8.00. The third-order valence-corrected chi connectivity index (χ3v) is 5.22. The van der Waals surface area contributed by atoms with Gasteiger partial charge < -0.3 is 15.3 Å². The zero-order valence-electron chi connectivity index (χ0n) is 15.1. The molecule has 1 heterocycles. The van der Waals surface area contributed by atoms with Crippen LogP contribution >= 0.6 is 22.6 Å². The van der Waals surface area contributed by atoms with Crippen molar-refractivity contribution in [2.75, 3.05) is 13.6 Å².